The van der Waals surface area contributed by atoms with E-state index in [4.69, 9.17) is 11.6 Å². The Morgan fingerprint density at radius 1 is 1.53 bits per heavy atom. The number of nitrogens with zero attached hydrogens (tertiary/aromatic N) is 2. The molecule has 2 rings (SSSR count). The second kappa shape index (κ2) is 3.66. The molecule has 0 saturated carbocycles. The van der Waals surface area contributed by atoms with Crippen molar-refractivity contribution in [3.63, 3.8) is 0 Å². The van der Waals surface area contributed by atoms with E-state index in [2.05, 4.69) is 4.98 Å². The molecule has 2 heterocycles. The van der Waals surface area contributed by atoms with Crippen LogP contribution >= 0.6 is 11.6 Å². The number of rotatable bonds is 1. The number of pyridine rings is 1. The molecule has 0 aromatic carbocycles. The minimum atomic E-state index is -0.0764. The van der Waals surface area contributed by atoms with E-state index in [9.17, 15) is 4.79 Å². The van der Waals surface area contributed by atoms with Gasteiger partial charge in [0, 0.05) is 6.20 Å². The van der Waals surface area contributed by atoms with Crippen molar-refractivity contribution in [3.05, 3.63) is 45.0 Å². The van der Waals surface area contributed by atoms with Crippen molar-refractivity contribution in [2.24, 2.45) is 0 Å². The number of hydrogen-bond donors (Lipinski definition) is 0. The highest BCUT2D eigenvalue weighted by Crippen LogP contribution is 2.11. The van der Waals surface area contributed by atoms with Gasteiger partial charge in [-0.25, -0.2) is 4.98 Å². The number of halogens is 1. The first-order valence-electron chi connectivity index (χ1n) is 4.81. The summed E-state index contributed by atoms with van der Waals surface area (Å²) in [5.74, 6) is 0. The summed E-state index contributed by atoms with van der Waals surface area (Å²) in [6.45, 7) is 3.85. The normalized spacial score (nSPS) is 10.9. The number of aryl methyl sites for hydroxylation is 1. The van der Waals surface area contributed by atoms with Crippen LogP contribution in [0.15, 0.2) is 23.1 Å². The maximum atomic E-state index is 11.9. The molecule has 0 spiro atoms. The van der Waals surface area contributed by atoms with Crippen molar-refractivity contribution in [1.29, 1.82) is 0 Å². The van der Waals surface area contributed by atoms with Gasteiger partial charge in [0.2, 0.25) is 0 Å². The van der Waals surface area contributed by atoms with Crippen LogP contribution in [0, 0.1) is 6.92 Å². The van der Waals surface area contributed by atoms with Gasteiger partial charge in [-0.15, -0.1) is 0 Å². The molecule has 2 aromatic heterocycles. The van der Waals surface area contributed by atoms with Crippen molar-refractivity contribution < 1.29 is 0 Å². The molecule has 0 bridgehead atoms. The molecule has 0 atom stereocenters. The summed E-state index contributed by atoms with van der Waals surface area (Å²) in [6.07, 6.45) is 2.33. The molecule has 78 valence electrons. The summed E-state index contributed by atoms with van der Waals surface area (Å²) in [4.78, 5) is 16.1. The van der Waals surface area contributed by atoms with Gasteiger partial charge in [0.1, 0.15) is 10.8 Å². The maximum Gasteiger partial charge on any atom is 0.262 e. The van der Waals surface area contributed by atoms with Gasteiger partial charge >= 0.3 is 0 Å². The molecule has 0 aliphatic carbocycles. The van der Waals surface area contributed by atoms with Crippen molar-refractivity contribution in [2.75, 3.05) is 0 Å². The van der Waals surface area contributed by atoms with E-state index in [-0.39, 0.29) is 5.56 Å². The lowest BCUT2D eigenvalue weighted by molar-refractivity contribution is 0.964. The third-order valence-electron chi connectivity index (χ3n) is 2.38. The lowest BCUT2D eigenvalue weighted by Gasteiger charge is -2.05. The topological polar surface area (TPSA) is 34.4 Å². The predicted octanol–water partition coefficient (Wildman–Crippen LogP) is 2.22. The van der Waals surface area contributed by atoms with Gasteiger partial charge < -0.3 is 0 Å². The fourth-order valence-electron chi connectivity index (χ4n) is 1.55. The molecule has 4 heteroatoms. The van der Waals surface area contributed by atoms with E-state index < -0.39 is 0 Å². The van der Waals surface area contributed by atoms with E-state index in [0.29, 0.717) is 22.8 Å². The Bertz CT molecular complexity index is 575. The third kappa shape index (κ3) is 1.63. The van der Waals surface area contributed by atoms with Crippen LogP contribution < -0.4 is 5.56 Å². The number of aromatic nitrogens is 2. The van der Waals surface area contributed by atoms with Crippen LogP contribution in [0.3, 0.4) is 0 Å². The third-order valence-corrected chi connectivity index (χ3v) is 2.69. The van der Waals surface area contributed by atoms with Gasteiger partial charge in [-0.1, -0.05) is 18.5 Å². The molecule has 0 saturated heterocycles. The lowest BCUT2D eigenvalue weighted by atomic mass is 10.2. The summed E-state index contributed by atoms with van der Waals surface area (Å²) >= 11 is 5.94. The SMILES string of the molecule is CCc1c(Cl)nc2cc(C)ccn2c1=O. The molecule has 0 unspecified atom stereocenters. The molecule has 0 aliphatic rings. The highest BCUT2D eigenvalue weighted by molar-refractivity contribution is 6.30. The summed E-state index contributed by atoms with van der Waals surface area (Å²) in [6, 6.07) is 3.72. The van der Waals surface area contributed by atoms with Gasteiger partial charge in [0.25, 0.3) is 5.56 Å². The van der Waals surface area contributed by atoms with Crippen molar-refractivity contribution in [1.82, 2.24) is 9.38 Å². The number of fused-ring (bicyclic) bond motifs is 1. The van der Waals surface area contributed by atoms with Gasteiger partial charge in [0.05, 0.1) is 5.56 Å². The first-order valence-corrected chi connectivity index (χ1v) is 5.18. The molecule has 3 nitrogen and oxygen atoms in total. The molecule has 2 aromatic rings. The largest absolute Gasteiger partial charge is 0.269 e. The highest BCUT2D eigenvalue weighted by Gasteiger charge is 2.08. The van der Waals surface area contributed by atoms with E-state index in [0.717, 1.165) is 5.56 Å². The second-order valence-corrected chi connectivity index (χ2v) is 3.83. The Labute approximate surface area is 92.3 Å². The first kappa shape index (κ1) is 10.2. The zero-order chi connectivity index (χ0) is 11.0. The lowest BCUT2D eigenvalue weighted by Crippen LogP contribution is -2.19. The van der Waals surface area contributed by atoms with E-state index in [1.807, 2.05) is 26.0 Å². The average molecular weight is 223 g/mol. The fraction of sp³-hybridized carbons (Fsp3) is 0.273. The zero-order valence-electron chi connectivity index (χ0n) is 8.62. The van der Waals surface area contributed by atoms with Crippen LogP contribution in [0.2, 0.25) is 5.15 Å². The standard InChI is InChI=1S/C11H11ClN2O/c1-3-8-10(12)13-9-6-7(2)4-5-14(9)11(8)15/h4-6H,3H2,1-2H3. The Morgan fingerprint density at radius 3 is 2.93 bits per heavy atom. The fourth-order valence-corrected chi connectivity index (χ4v) is 1.85. The monoisotopic (exact) mass is 222 g/mol. The van der Waals surface area contributed by atoms with Crippen molar-refractivity contribution in [3.8, 4) is 0 Å². The van der Waals surface area contributed by atoms with E-state index in [1.165, 1.54) is 4.40 Å². The number of hydrogen-bond acceptors (Lipinski definition) is 2. The molecule has 0 N–H and O–H groups in total. The first-order chi connectivity index (χ1) is 7.13. The molecular formula is C11H11ClN2O. The Hall–Kier alpha value is -1.35. The summed E-state index contributed by atoms with van der Waals surface area (Å²) < 4.78 is 1.53. The summed E-state index contributed by atoms with van der Waals surface area (Å²) in [5.41, 5.74) is 2.15. The predicted molar refractivity (Wildman–Crippen MR) is 60.6 cm³/mol. The van der Waals surface area contributed by atoms with Crippen LogP contribution in [0.4, 0.5) is 0 Å². The van der Waals surface area contributed by atoms with Crippen molar-refractivity contribution >= 4 is 17.2 Å². The van der Waals surface area contributed by atoms with Crippen LogP contribution in [-0.2, 0) is 6.42 Å². The van der Waals surface area contributed by atoms with Gasteiger partial charge in [-0.2, -0.15) is 0 Å². The summed E-state index contributed by atoms with van der Waals surface area (Å²) in [7, 11) is 0. The molecular weight excluding hydrogens is 212 g/mol. The Morgan fingerprint density at radius 2 is 2.27 bits per heavy atom. The second-order valence-electron chi connectivity index (χ2n) is 3.47. The van der Waals surface area contributed by atoms with Gasteiger partial charge in [0.15, 0.2) is 0 Å². The van der Waals surface area contributed by atoms with E-state index >= 15 is 0 Å². The highest BCUT2D eigenvalue weighted by atomic mass is 35.5. The summed E-state index contributed by atoms with van der Waals surface area (Å²) in [5, 5.41) is 0.313. The zero-order valence-corrected chi connectivity index (χ0v) is 9.38. The molecule has 0 aliphatic heterocycles. The van der Waals surface area contributed by atoms with Gasteiger partial charge in [-0.05, 0) is 31.0 Å². The van der Waals surface area contributed by atoms with Crippen molar-refractivity contribution in [2.45, 2.75) is 20.3 Å². The van der Waals surface area contributed by atoms with Crippen LogP contribution in [0.5, 0.6) is 0 Å². The minimum Gasteiger partial charge on any atom is -0.269 e. The molecule has 0 radical (unpaired) electrons. The molecule has 0 amide bonds. The average Bonchev–Trinajstić information content (AvgIpc) is 2.17. The van der Waals surface area contributed by atoms with Crippen LogP contribution in [0.25, 0.3) is 5.65 Å². The smallest absolute Gasteiger partial charge is 0.262 e. The molecule has 0 fully saturated rings. The van der Waals surface area contributed by atoms with Crippen LogP contribution in [0.1, 0.15) is 18.1 Å². The quantitative estimate of drug-likeness (QED) is 0.694. The Kier molecular flexibility index (Phi) is 2.49. The van der Waals surface area contributed by atoms with Gasteiger partial charge in [-0.3, -0.25) is 9.20 Å². The minimum absolute atomic E-state index is 0.0764. The maximum absolute atomic E-state index is 11.9. The molecule has 15 heavy (non-hydrogen) atoms. The van der Waals surface area contributed by atoms with E-state index in [1.54, 1.807) is 6.20 Å². The Balaban J connectivity index is 2.91. The van der Waals surface area contributed by atoms with Crippen LogP contribution in [-0.4, -0.2) is 9.38 Å².